The summed E-state index contributed by atoms with van der Waals surface area (Å²) in [5.74, 6) is -0.277. The molecule has 1 heterocycles. The molecule has 0 saturated heterocycles. The van der Waals surface area contributed by atoms with Gasteiger partial charge in [0.25, 0.3) is 5.69 Å². The number of aromatic nitrogens is 1. The van der Waals surface area contributed by atoms with E-state index >= 15 is 0 Å². The molecule has 0 radical (unpaired) electrons. The van der Waals surface area contributed by atoms with E-state index in [-0.39, 0.29) is 11.6 Å². The number of carbonyl (C=O) groups is 1. The van der Waals surface area contributed by atoms with Crippen LogP contribution in [0.25, 0.3) is 10.2 Å². The maximum Gasteiger partial charge on any atom is 0.271 e. The number of nitro groups is 1. The Morgan fingerprint density at radius 2 is 2.04 bits per heavy atom. The molecule has 0 fully saturated rings. The van der Waals surface area contributed by atoms with Gasteiger partial charge in [-0.3, -0.25) is 14.9 Å². The van der Waals surface area contributed by atoms with Crippen molar-refractivity contribution in [1.82, 2.24) is 4.98 Å². The number of hydrogen-bond donors (Lipinski definition) is 2. The smallest absolute Gasteiger partial charge is 0.271 e. The first-order chi connectivity index (χ1) is 11.9. The summed E-state index contributed by atoms with van der Waals surface area (Å²) in [5, 5.41) is 17.6. The van der Waals surface area contributed by atoms with Crippen LogP contribution in [0.4, 0.5) is 17.1 Å². The largest absolute Gasteiger partial charge is 0.374 e. The van der Waals surface area contributed by atoms with E-state index in [1.165, 1.54) is 18.2 Å². The molecule has 25 heavy (non-hydrogen) atoms. The molecule has 2 aromatic carbocycles. The van der Waals surface area contributed by atoms with Gasteiger partial charge < -0.3 is 10.6 Å². The molecular weight excluding hydrogens is 340 g/mol. The van der Waals surface area contributed by atoms with Gasteiger partial charge in [-0.15, -0.1) is 11.3 Å². The van der Waals surface area contributed by atoms with Gasteiger partial charge in [-0.25, -0.2) is 4.98 Å². The average Bonchev–Trinajstić information content (AvgIpc) is 2.94. The van der Waals surface area contributed by atoms with E-state index < -0.39 is 11.0 Å². The second-order valence-corrected chi connectivity index (χ2v) is 6.81. The first-order valence-corrected chi connectivity index (χ1v) is 8.43. The van der Waals surface area contributed by atoms with E-state index in [1.54, 1.807) is 24.3 Å². The van der Waals surface area contributed by atoms with Crippen LogP contribution in [-0.2, 0) is 4.79 Å². The highest BCUT2D eigenvalue weighted by atomic mass is 32.1. The Labute approximate surface area is 147 Å². The van der Waals surface area contributed by atoms with Crippen molar-refractivity contribution in [1.29, 1.82) is 0 Å². The van der Waals surface area contributed by atoms with Crippen molar-refractivity contribution in [3.05, 3.63) is 57.6 Å². The van der Waals surface area contributed by atoms with Crippen molar-refractivity contribution in [3.8, 4) is 0 Å². The minimum absolute atomic E-state index is 0.0653. The molecule has 1 atom stereocenters. The Morgan fingerprint density at radius 1 is 1.24 bits per heavy atom. The van der Waals surface area contributed by atoms with E-state index in [2.05, 4.69) is 15.6 Å². The number of benzene rings is 2. The molecule has 128 valence electrons. The Hall–Kier alpha value is -3.00. The van der Waals surface area contributed by atoms with Crippen LogP contribution in [-0.4, -0.2) is 21.9 Å². The van der Waals surface area contributed by atoms with E-state index in [9.17, 15) is 14.9 Å². The van der Waals surface area contributed by atoms with Gasteiger partial charge in [-0.1, -0.05) is 6.07 Å². The van der Waals surface area contributed by atoms with Gasteiger partial charge in [-0.2, -0.15) is 0 Å². The molecule has 0 bridgehead atoms. The topological polar surface area (TPSA) is 97.2 Å². The number of rotatable bonds is 5. The number of nitrogens with one attached hydrogen (secondary N) is 2. The van der Waals surface area contributed by atoms with Gasteiger partial charge in [0, 0.05) is 23.5 Å². The molecule has 1 aromatic heterocycles. The summed E-state index contributed by atoms with van der Waals surface area (Å²) in [5.41, 5.74) is 2.07. The van der Waals surface area contributed by atoms with E-state index in [0.717, 1.165) is 20.9 Å². The lowest BCUT2D eigenvalue weighted by Gasteiger charge is -2.15. The van der Waals surface area contributed by atoms with Crippen molar-refractivity contribution >= 4 is 44.5 Å². The average molecular weight is 356 g/mol. The third-order valence-corrected chi connectivity index (χ3v) is 4.53. The number of carbonyl (C=O) groups excluding carboxylic acids is 1. The molecule has 2 N–H and O–H groups in total. The number of nitrogens with zero attached hydrogens (tertiary/aromatic N) is 2. The number of amides is 1. The van der Waals surface area contributed by atoms with Crippen molar-refractivity contribution in [2.24, 2.45) is 0 Å². The first kappa shape index (κ1) is 16.8. The fraction of sp³-hybridized carbons (Fsp3) is 0.176. The summed E-state index contributed by atoms with van der Waals surface area (Å²) < 4.78 is 1.05. The van der Waals surface area contributed by atoms with E-state index in [1.807, 2.05) is 25.1 Å². The van der Waals surface area contributed by atoms with Crippen LogP contribution >= 0.6 is 11.3 Å². The lowest BCUT2D eigenvalue weighted by Crippen LogP contribution is -2.31. The Kier molecular flexibility index (Phi) is 4.62. The molecular formula is C17H16N4O3S. The van der Waals surface area contributed by atoms with Gasteiger partial charge in [-0.05, 0) is 38.1 Å². The molecule has 3 rings (SSSR count). The molecule has 0 aliphatic rings. The third-order valence-electron chi connectivity index (χ3n) is 3.60. The highest BCUT2D eigenvalue weighted by Gasteiger charge is 2.15. The summed E-state index contributed by atoms with van der Waals surface area (Å²) >= 11 is 1.59. The lowest BCUT2D eigenvalue weighted by atomic mass is 10.2. The summed E-state index contributed by atoms with van der Waals surface area (Å²) in [4.78, 5) is 27.0. The fourth-order valence-electron chi connectivity index (χ4n) is 2.39. The normalized spacial score (nSPS) is 11.9. The number of thiazole rings is 1. The maximum absolute atomic E-state index is 12.3. The van der Waals surface area contributed by atoms with Crippen LogP contribution in [0, 0.1) is 17.0 Å². The fourth-order valence-corrected chi connectivity index (χ4v) is 3.26. The van der Waals surface area contributed by atoms with E-state index in [0.29, 0.717) is 5.69 Å². The van der Waals surface area contributed by atoms with Gasteiger partial charge in [0.05, 0.1) is 20.1 Å². The van der Waals surface area contributed by atoms with Crippen LogP contribution in [0.15, 0.2) is 42.5 Å². The van der Waals surface area contributed by atoms with Crippen LogP contribution in [0.1, 0.15) is 11.9 Å². The van der Waals surface area contributed by atoms with Gasteiger partial charge in [0.15, 0.2) is 0 Å². The third kappa shape index (κ3) is 3.92. The second-order valence-electron chi connectivity index (χ2n) is 5.58. The molecule has 0 aliphatic carbocycles. The van der Waals surface area contributed by atoms with Crippen molar-refractivity contribution < 1.29 is 9.72 Å². The zero-order chi connectivity index (χ0) is 18.0. The maximum atomic E-state index is 12.3. The summed E-state index contributed by atoms with van der Waals surface area (Å²) in [6.07, 6.45) is 0. The van der Waals surface area contributed by atoms with Crippen LogP contribution in [0.2, 0.25) is 0 Å². The SMILES string of the molecule is Cc1nc2ccc(NC(C)C(=O)Nc3cccc([N+](=O)[O-])c3)cc2s1. The molecule has 3 aromatic rings. The van der Waals surface area contributed by atoms with Crippen molar-refractivity contribution in [2.45, 2.75) is 19.9 Å². The highest BCUT2D eigenvalue weighted by molar-refractivity contribution is 7.18. The lowest BCUT2D eigenvalue weighted by molar-refractivity contribution is -0.384. The monoisotopic (exact) mass is 356 g/mol. The Balaban J connectivity index is 1.69. The number of hydrogen-bond acceptors (Lipinski definition) is 6. The van der Waals surface area contributed by atoms with Crippen LogP contribution in [0.3, 0.4) is 0 Å². The molecule has 1 unspecified atom stereocenters. The molecule has 0 aliphatic heterocycles. The van der Waals surface area contributed by atoms with Crippen LogP contribution in [0.5, 0.6) is 0 Å². The zero-order valence-electron chi connectivity index (χ0n) is 13.6. The summed E-state index contributed by atoms with van der Waals surface area (Å²) in [7, 11) is 0. The van der Waals surface area contributed by atoms with Gasteiger partial charge >= 0.3 is 0 Å². The molecule has 1 amide bonds. The number of aryl methyl sites for hydroxylation is 1. The number of fused-ring (bicyclic) bond motifs is 1. The molecule has 0 saturated carbocycles. The summed E-state index contributed by atoms with van der Waals surface area (Å²) in [6, 6.07) is 11.1. The quantitative estimate of drug-likeness (QED) is 0.533. The summed E-state index contributed by atoms with van der Waals surface area (Å²) in [6.45, 7) is 3.68. The van der Waals surface area contributed by atoms with Crippen LogP contribution < -0.4 is 10.6 Å². The van der Waals surface area contributed by atoms with E-state index in [4.69, 9.17) is 0 Å². The number of non-ortho nitro benzene ring substituents is 1. The number of nitro benzene ring substituents is 1. The Morgan fingerprint density at radius 3 is 2.80 bits per heavy atom. The standard InChI is InChI=1S/C17H16N4O3S/c1-10(17(22)20-12-4-3-5-14(8-12)21(23)24)18-13-6-7-15-16(9-13)25-11(2)19-15/h3-10,18H,1-2H3,(H,20,22). The van der Waals surface area contributed by atoms with Crippen molar-refractivity contribution in [3.63, 3.8) is 0 Å². The first-order valence-electron chi connectivity index (χ1n) is 7.61. The molecule has 8 heteroatoms. The minimum atomic E-state index is -0.509. The Bertz CT molecular complexity index is 954. The second kappa shape index (κ2) is 6.86. The van der Waals surface area contributed by atoms with Crippen molar-refractivity contribution in [2.75, 3.05) is 10.6 Å². The molecule has 7 nitrogen and oxygen atoms in total. The highest BCUT2D eigenvalue weighted by Crippen LogP contribution is 2.25. The minimum Gasteiger partial charge on any atom is -0.374 e. The van der Waals surface area contributed by atoms with Gasteiger partial charge in [0.2, 0.25) is 5.91 Å². The molecule has 0 spiro atoms. The zero-order valence-corrected chi connectivity index (χ0v) is 14.5. The predicted molar refractivity (Wildman–Crippen MR) is 99.2 cm³/mol. The predicted octanol–water partition coefficient (Wildman–Crippen LogP) is 3.95. The van der Waals surface area contributed by atoms with Gasteiger partial charge in [0.1, 0.15) is 6.04 Å². The number of anilines is 2.